The summed E-state index contributed by atoms with van der Waals surface area (Å²) < 4.78 is -0.377. The number of amides is 1. The first kappa shape index (κ1) is 7.30. The molecule has 0 heterocycles. The summed E-state index contributed by atoms with van der Waals surface area (Å²) in [5.41, 5.74) is 0. The van der Waals surface area contributed by atoms with Crippen molar-refractivity contribution in [1.29, 1.82) is 0 Å². The van der Waals surface area contributed by atoms with Gasteiger partial charge in [0.15, 0.2) is 3.74 Å². The predicted octanol–water partition coefficient (Wildman–Crippen LogP) is 1.33. The van der Waals surface area contributed by atoms with Crippen LogP contribution in [0.1, 0.15) is 0 Å². The number of hydrogen-bond acceptors (Lipinski definition) is 1. The van der Waals surface area contributed by atoms with Crippen LogP contribution in [-0.4, -0.2) is 16.4 Å². The third kappa shape index (κ3) is 2.93. The molecule has 0 N–H and O–H groups in total. The van der Waals surface area contributed by atoms with Gasteiger partial charge in [-0.15, -0.1) is 0 Å². The molecule has 40 valence electrons. The number of hydrogen-bond donors (Lipinski definition) is 0. The van der Waals surface area contributed by atoms with E-state index in [9.17, 15) is 4.79 Å². The fourth-order valence-corrected chi connectivity index (χ4v) is 0.359. The molecule has 0 aromatic carbocycles. The number of halogens is 2. The summed E-state index contributed by atoms with van der Waals surface area (Å²) >= 11 is 5.87. The molecule has 0 aromatic heterocycles. The molecule has 0 bridgehead atoms. The Morgan fingerprint density at radius 3 is 2.14 bits per heavy atom. The summed E-state index contributed by atoms with van der Waals surface area (Å²) in [5, 5.41) is 0. The monoisotopic (exact) mass is 227 g/mol. The minimum Gasteiger partial charge on any atom is -0.270 e. The number of carbonyl (C=O) groups excluding carboxylic acids is 1. The number of aliphatic imine (C=N–C) groups is 1. The Kier molecular flexibility index (Phi) is 3.46. The first-order valence-electron chi connectivity index (χ1n) is 1.47. The predicted molar refractivity (Wildman–Crippen MR) is 36.2 cm³/mol. The average molecular weight is 229 g/mol. The highest BCUT2D eigenvalue weighted by atomic mass is 79.9. The fraction of sp³-hybridized carbons (Fsp3) is 0.333. The first-order chi connectivity index (χ1) is 3.18. The zero-order chi connectivity index (χ0) is 5.86. The lowest BCUT2D eigenvalue weighted by Crippen LogP contribution is -2.00. The molecule has 0 aliphatic rings. The Morgan fingerprint density at radius 1 is 1.71 bits per heavy atom. The maximum absolute atomic E-state index is 10.2. The van der Waals surface area contributed by atoms with E-state index in [1.165, 1.54) is 0 Å². The lowest BCUT2D eigenvalue weighted by molar-refractivity contribution is -0.115. The van der Waals surface area contributed by atoms with Crippen LogP contribution < -0.4 is 0 Å². The lowest BCUT2D eigenvalue weighted by atomic mass is 10.8. The van der Waals surface area contributed by atoms with Gasteiger partial charge in [-0.25, -0.2) is 4.99 Å². The second-order valence-corrected chi connectivity index (χ2v) is 3.86. The number of carbonyl (C=O) groups is 1. The van der Waals surface area contributed by atoms with Crippen LogP contribution in [0.5, 0.6) is 0 Å². The minimum atomic E-state index is -0.377. The SMILES string of the molecule is C=NC(=O)C(Br)Br. The highest BCUT2D eigenvalue weighted by Gasteiger charge is 2.04. The molecular weight excluding hydrogens is 226 g/mol. The van der Waals surface area contributed by atoms with Gasteiger partial charge < -0.3 is 0 Å². The van der Waals surface area contributed by atoms with Crippen LogP contribution >= 0.6 is 31.9 Å². The summed E-state index contributed by atoms with van der Waals surface area (Å²) in [6, 6.07) is 0. The molecule has 0 saturated carbocycles. The maximum atomic E-state index is 10.2. The van der Waals surface area contributed by atoms with Crippen molar-refractivity contribution in [3.8, 4) is 0 Å². The topological polar surface area (TPSA) is 29.4 Å². The van der Waals surface area contributed by atoms with Crippen molar-refractivity contribution in [3.63, 3.8) is 0 Å². The molecule has 0 aliphatic heterocycles. The smallest absolute Gasteiger partial charge is 0.269 e. The van der Waals surface area contributed by atoms with E-state index in [-0.39, 0.29) is 9.64 Å². The van der Waals surface area contributed by atoms with Crippen molar-refractivity contribution in [1.82, 2.24) is 0 Å². The van der Waals surface area contributed by atoms with Crippen LogP contribution in [0.4, 0.5) is 0 Å². The van der Waals surface area contributed by atoms with Crippen LogP contribution in [0, 0.1) is 0 Å². The molecule has 0 spiro atoms. The van der Waals surface area contributed by atoms with Crippen molar-refractivity contribution >= 4 is 44.5 Å². The quantitative estimate of drug-likeness (QED) is 0.492. The van der Waals surface area contributed by atoms with Crippen molar-refractivity contribution in [2.75, 3.05) is 0 Å². The Balaban J connectivity index is 3.56. The molecule has 0 rings (SSSR count). The van der Waals surface area contributed by atoms with Gasteiger partial charge in [-0.2, -0.15) is 0 Å². The number of nitrogens with zero attached hydrogens (tertiary/aromatic N) is 1. The van der Waals surface area contributed by atoms with E-state index in [4.69, 9.17) is 0 Å². The molecule has 0 fully saturated rings. The molecule has 7 heavy (non-hydrogen) atoms. The van der Waals surface area contributed by atoms with E-state index in [2.05, 4.69) is 43.6 Å². The van der Waals surface area contributed by atoms with E-state index in [1.807, 2.05) is 0 Å². The Bertz CT molecular complexity index is 90.9. The van der Waals surface area contributed by atoms with Crippen LogP contribution in [0.15, 0.2) is 4.99 Å². The fourth-order valence-electron chi connectivity index (χ4n) is 0.0690. The normalized spacial score (nSPS) is 9.00. The van der Waals surface area contributed by atoms with Gasteiger partial charge in [0, 0.05) is 0 Å². The van der Waals surface area contributed by atoms with Gasteiger partial charge in [-0.1, -0.05) is 31.9 Å². The van der Waals surface area contributed by atoms with E-state index < -0.39 is 0 Å². The molecular formula is C3H3Br2NO. The molecule has 0 saturated heterocycles. The van der Waals surface area contributed by atoms with Gasteiger partial charge in [-0.3, -0.25) is 4.79 Å². The van der Waals surface area contributed by atoms with Crippen molar-refractivity contribution in [2.45, 2.75) is 3.74 Å². The van der Waals surface area contributed by atoms with Gasteiger partial charge in [-0.05, 0) is 6.72 Å². The van der Waals surface area contributed by atoms with Gasteiger partial charge in [0.1, 0.15) is 0 Å². The van der Waals surface area contributed by atoms with E-state index in [0.29, 0.717) is 0 Å². The molecule has 0 aliphatic carbocycles. The third-order valence-electron chi connectivity index (χ3n) is 0.343. The molecule has 4 heteroatoms. The zero-order valence-electron chi connectivity index (χ0n) is 3.40. The molecule has 0 radical (unpaired) electrons. The Hall–Kier alpha value is 0.300. The lowest BCUT2D eigenvalue weighted by Gasteiger charge is -1.87. The minimum absolute atomic E-state index is 0.306. The average Bonchev–Trinajstić information content (AvgIpc) is 1.65. The van der Waals surface area contributed by atoms with Crippen molar-refractivity contribution in [3.05, 3.63) is 0 Å². The second-order valence-electron chi connectivity index (χ2n) is 0.797. The first-order valence-corrected chi connectivity index (χ1v) is 3.30. The summed E-state index contributed by atoms with van der Waals surface area (Å²) in [5.74, 6) is -0.306. The standard InChI is InChI=1S/C3H3Br2NO/c1-6-3(7)2(4)5/h2H,1H2. The van der Waals surface area contributed by atoms with Crippen LogP contribution in [0.25, 0.3) is 0 Å². The van der Waals surface area contributed by atoms with Crippen molar-refractivity contribution in [2.24, 2.45) is 4.99 Å². The summed E-state index contributed by atoms with van der Waals surface area (Å²) in [7, 11) is 0. The largest absolute Gasteiger partial charge is 0.270 e. The van der Waals surface area contributed by atoms with Gasteiger partial charge in [0.25, 0.3) is 5.91 Å². The highest BCUT2D eigenvalue weighted by molar-refractivity contribution is 9.25. The van der Waals surface area contributed by atoms with Gasteiger partial charge >= 0.3 is 0 Å². The number of alkyl halides is 2. The maximum Gasteiger partial charge on any atom is 0.269 e. The zero-order valence-corrected chi connectivity index (χ0v) is 6.57. The van der Waals surface area contributed by atoms with E-state index >= 15 is 0 Å². The summed E-state index contributed by atoms with van der Waals surface area (Å²) in [6.07, 6.45) is 0. The van der Waals surface area contributed by atoms with Gasteiger partial charge in [0.2, 0.25) is 0 Å². The molecule has 1 amide bonds. The highest BCUT2D eigenvalue weighted by Crippen LogP contribution is 2.08. The number of rotatable bonds is 1. The summed E-state index contributed by atoms with van der Waals surface area (Å²) in [6.45, 7) is 3.02. The third-order valence-corrected chi connectivity index (χ3v) is 1.13. The molecule has 0 unspecified atom stereocenters. The van der Waals surface area contributed by atoms with Crippen molar-refractivity contribution < 1.29 is 4.79 Å². The van der Waals surface area contributed by atoms with E-state index in [1.54, 1.807) is 0 Å². The molecule has 2 nitrogen and oxygen atoms in total. The Morgan fingerprint density at radius 2 is 2.14 bits per heavy atom. The Labute approximate surface area is 58.3 Å². The van der Waals surface area contributed by atoms with Crippen LogP contribution in [0.3, 0.4) is 0 Å². The van der Waals surface area contributed by atoms with Crippen LogP contribution in [0.2, 0.25) is 0 Å². The van der Waals surface area contributed by atoms with Crippen LogP contribution in [-0.2, 0) is 4.79 Å². The molecule has 0 aromatic rings. The summed E-state index contributed by atoms with van der Waals surface area (Å²) in [4.78, 5) is 13.3. The molecule has 0 atom stereocenters. The second kappa shape index (κ2) is 3.32. The van der Waals surface area contributed by atoms with E-state index in [0.717, 1.165) is 0 Å². The van der Waals surface area contributed by atoms with Gasteiger partial charge in [0.05, 0.1) is 0 Å².